The second kappa shape index (κ2) is 6.13. The quantitative estimate of drug-likeness (QED) is 0.941. The molecule has 0 spiro atoms. The third-order valence-corrected chi connectivity index (χ3v) is 2.98. The number of benzene rings is 1. The van der Waals surface area contributed by atoms with Crippen LogP contribution < -0.4 is 5.56 Å². The maximum absolute atomic E-state index is 13.9. The van der Waals surface area contributed by atoms with Crippen LogP contribution in [0.3, 0.4) is 0 Å². The van der Waals surface area contributed by atoms with Gasteiger partial charge in [-0.3, -0.25) is 4.79 Å². The van der Waals surface area contributed by atoms with Crippen LogP contribution in [0.5, 0.6) is 0 Å². The molecule has 0 atom stereocenters. The Kier molecular flexibility index (Phi) is 4.47. The summed E-state index contributed by atoms with van der Waals surface area (Å²) in [7, 11) is 0. The topological polar surface area (TPSA) is 55.1 Å². The zero-order valence-corrected chi connectivity index (χ0v) is 11.8. The lowest BCUT2D eigenvalue weighted by molar-refractivity contribution is 0.277. The van der Waals surface area contributed by atoms with Gasteiger partial charge in [-0.25, -0.2) is 13.5 Å². The SMILES string of the molecule is CC(C)Cn1nc(-c2cccc(F)c2F)cc(CO)c1=O. The third-order valence-electron chi connectivity index (χ3n) is 2.98. The molecule has 0 saturated heterocycles. The van der Waals surface area contributed by atoms with E-state index in [1.54, 1.807) is 0 Å². The Morgan fingerprint density at radius 3 is 2.67 bits per heavy atom. The molecule has 0 fully saturated rings. The molecule has 1 aromatic carbocycles. The molecule has 1 heterocycles. The number of nitrogens with zero attached hydrogens (tertiary/aromatic N) is 2. The molecule has 0 aliphatic rings. The van der Waals surface area contributed by atoms with Crippen LogP contribution in [-0.4, -0.2) is 14.9 Å². The molecule has 0 amide bonds. The summed E-state index contributed by atoms with van der Waals surface area (Å²) >= 11 is 0. The number of aliphatic hydroxyl groups is 1. The molecule has 0 bridgehead atoms. The maximum atomic E-state index is 13.9. The summed E-state index contributed by atoms with van der Waals surface area (Å²) in [4.78, 5) is 12.0. The number of aromatic nitrogens is 2. The highest BCUT2D eigenvalue weighted by Crippen LogP contribution is 2.22. The molecule has 0 saturated carbocycles. The van der Waals surface area contributed by atoms with Crippen molar-refractivity contribution in [3.8, 4) is 11.3 Å². The monoisotopic (exact) mass is 294 g/mol. The van der Waals surface area contributed by atoms with E-state index in [0.717, 1.165) is 6.07 Å². The average Bonchev–Trinajstić information content (AvgIpc) is 2.43. The molecular formula is C15H16F2N2O2. The third kappa shape index (κ3) is 3.16. The van der Waals surface area contributed by atoms with Gasteiger partial charge in [0, 0.05) is 17.7 Å². The lowest BCUT2D eigenvalue weighted by Gasteiger charge is -2.12. The highest BCUT2D eigenvalue weighted by Gasteiger charge is 2.15. The van der Waals surface area contributed by atoms with Gasteiger partial charge >= 0.3 is 0 Å². The molecule has 2 rings (SSSR count). The number of hydrogen-bond acceptors (Lipinski definition) is 3. The van der Waals surface area contributed by atoms with Gasteiger partial charge in [-0.2, -0.15) is 5.10 Å². The minimum atomic E-state index is -1.02. The van der Waals surface area contributed by atoms with Crippen LogP contribution in [0, 0.1) is 17.6 Å². The number of rotatable bonds is 4. The van der Waals surface area contributed by atoms with Crippen molar-refractivity contribution in [3.05, 3.63) is 51.8 Å². The first kappa shape index (κ1) is 15.3. The molecule has 4 nitrogen and oxygen atoms in total. The van der Waals surface area contributed by atoms with E-state index in [4.69, 9.17) is 0 Å². The van der Waals surface area contributed by atoms with E-state index in [9.17, 15) is 18.7 Å². The highest BCUT2D eigenvalue weighted by atomic mass is 19.2. The minimum Gasteiger partial charge on any atom is -0.391 e. The van der Waals surface area contributed by atoms with Crippen LogP contribution >= 0.6 is 0 Å². The van der Waals surface area contributed by atoms with Crippen molar-refractivity contribution in [2.75, 3.05) is 0 Å². The molecule has 0 aliphatic heterocycles. The molecule has 2 aromatic rings. The lowest BCUT2D eigenvalue weighted by atomic mass is 10.1. The fourth-order valence-electron chi connectivity index (χ4n) is 2.01. The predicted molar refractivity (Wildman–Crippen MR) is 74.6 cm³/mol. The van der Waals surface area contributed by atoms with E-state index in [1.807, 2.05) is 13.8 Å². The normalized spacial score (nSPS) is 11.1. The van der Waals surface area contributed by atoms with Crippen molar-refractivity contribution in [1.29, 1.82) is 0 Å². The van der Waals surface area contributed by atoms with Gasteiger partial charge in [0.25, 0.3) is 5.56 Å². The van der Waals surface area contributed by atoms with E-state index in [-0.39, 0.29) is 22.7 Å². The summed E-state index contributed by atoms with van der Waals surface area (Å²) in [6.07, 6.45) is 0. The summed E-state index contributed by atoms with van der Waals surface area (Å²) < 4.78 is 28.3. The van der Waals surface area contributed by atoms with Crippen LogP contribution in [0.2, 0.25) is 0 Å². The lowest BCUT2D eigenvalue weighted by Crippen LogP contribution is -2.28. The molecule has 0 unspecified atom stereocenters. The Hall–Kier alpha value is -2.08. The van der Waals surface area contributed by atoms with Gasteiger partial charge < -0.3 is 5.11 Å². The summed E-state index contributed by atoms with van der Waals surface area (Å²) in [5, 5.41) is 13.3. The number of halogens is 2. The minimum absolute atomic E-state index is 0.0396. The van der Waals surface area contributed by atoms with Crippen LogP contribution in [0.15, 0.2) is 29.1 Å². The second-order valence-corrected chi connectivity index (χ2v) is 5.20. The van der Waals surface area contributed by atoms with Crippen molar-refractivity contribution < 1.29 is 13.9 Å². The fraction of sp³-hybridized carbons (Fsp3) is 0.333. The van der Waals surface area contributed by atoms with E-state index in [0.29, 0.717) is 6.54 Å². The first-order chi connectivity index (χ1) is 9.93. The van der Waals surface area contributed by atoms with E-state index in [2.05, 4.69) is 5.10 Å². The van der Waals surface area contributed by atoms with Crippen molar-refractivity contribution in [2.45, 2.75) is 27.0 Å². The van der Waals surface area contributed by atoms with Crippen LogP contribution in [0.1, 0.15) is 19.4 Å². The number of hydrogen-bond donors (Lipinski definition) is 1. The van der Waals surface area contributed by atoms with Crippen LogP contribution in [-0.2, 0) is 13.2 Å². The summed E-state index contributed by atoms with van der Waals surface area (Å²) in [5.41, 5.74) is -0.241. The van der Waals surface area contributed by atoms with Crippen molar-refractivity contribution in [2.24, 2.45) is 5.92 Å². The Balaban J connectivity index is 2.64. The van der Waals surface area contributed by atoms with E-state index in [1.165, 1.54) is 22.9 Å². The first-order valence-corrected chi connectivity index (χ1v) is 6.60. The van der Waals surface area contributed by atoms with Crippen molar-refractivity contribution >= 4 is 0 Å². The molecule has 6 heteroatoms. The molecule has 1 N–H and O–H groups in total. The Labute approximate surface area is 120 Å². The molecule has 112 valence electrons. The Morgan fingerprint density at radius 1 is 1.33 bits per heavy atom. The van der Waals surface area contributed by atoms with Crippen LogP contribution in [0.4, 0.5) is 8.78 Å². The second-order valence-electron chi connectivity index (χ2n) is 5.20. The van der Waals surface area contributed by atoms with E-state index < -0.39 is 23.8 Å². The largest absolute Gasteiger partial charge is 0.391 e. The van der Waals surface area contributed by atoms with Gasteiger partial charge in [0.1, 0.15) is 0 Å². The molecule has 21 heavy (non-hydrogen) atoms. The zero-order valence-electron chi connectivity index (χ0n) is 11.8. The summed E-state index contributed by atoms with van der Waals surface area (Å²) in [5.74, 6) is -1.86. The molecule has 0 aliphatic carbocycles. The molecule has 0 radical (unpaired) electrons. The van der Waals surface area contributed by atoms with Gasteiger partial charge in [-0.1, -0.05) is 19.9 Å². The molecular weight excluding hydrogens is 278 g/mol. The number of aliphatic hydroxyl groups excluding tert-OH is 1. The summed E-state index contributed by atoms with van der Waals surface area (Å²) in [6, 6.07) is 5.05. The average molecular weight is 294 g/mol. The van der Waals surface area contributed by atoms with Crippen LogP contribution in [0.25, 0.3) is 11.3 Å². The van der Waals surface area contributed by atoms with Gasteiger partial charge in [0.2, 0.25) is 0 Å². The maximum Gasteiger partial charge on any atom is 0.272 e. The predicted octanol–water partition coefficient (Wildman–Crippen LogP) is 2.34. The zero-order chi connectivity index (χ0) is 15.6. The highest BCUT2D eigenvalue weighted by molar-refractivity contribution is 5.60. The van der Waals surface area contributed by atoms with Gasteiger partial charge in [0.05, 0.1) is 12.3 Å². The van der Waals surface area contributed by atoms with Gasteiger partial charge in [-0.05, 0) is 24.1 Å². The fourth-order valence-corrected chi connectivity index (χ4v) is 2.01. The first-order valence-electron chi connectivity index (χ1n) is 6.60. The smallest absolute Gasteiger partial charge is 0.272 e. The molecule has 1 aromatic heterocycles. The van der Waals surface area contributed by atoms with Gasteiger partial charge in [-0.15, -0.1) is 0 Å². The Bertz CT molecular complexity index is 711. The van der Waals surface area contributed by atoms with Gasteiger partial charge in [0.15, 0.2) is 11.6 Å². The standard InChI is InChI=1S/C15H16F2N2O2/c1-9(2)7-19-15(21)10(8-20)6-13(18-19)11-4-3-5-12(16)14(11)17/h3-6,9,20H,7-8H2,1-2H3. The van der Waals surface area contributed by atoms with Crippen molar-refractivity contribution in [1.82, 2.24) is 9.78 Å². The van der Waals surface area contributed by atoms with E-state index >= 15 is 0 Å². The summed E-state index contributed by atoms with van der Waals surface area (Å²) in [6.45, 7) is 3.66. The van der Waals surface area contributed by atoms with Crippen molar-refractivity contribution in [3.63, 3.8) is 0 Å². The Morgan fingerprint density at radius 2 is 2.05 bits per heavy atom.